The van der Waals surface area contributed by atoms with E-state index in [0.717, 1.165) is 37.9 Å². The first kappa shape index (κ1) is 20.0. The van der Waals surface area contributed by atoms with E-state index in [-0.39, 0.29) is 29.3 Å². The van der Waals surface area contributed by atoms with Gasteiger partial charge in [0.05, 0.1) is 16.8 Å². The highest BCUT2D eigenvalue weighted by Crippen LogP contribution is 2.32. The third-order valence-electron chi connectivity index (χ3n) is 6.19. The van der Waals surface area contributed by atoms with Crippen LogP contribution in [-0.4, -0.2) is 52.3 Å². The fourth-order valence-electron chi connectivity index (χ4n) is 4.63. The third kappa shape index (κ3) is 4.20. The van der Waals surface area contributed by atoms with Gasteiger partial charge >= 0.3 is 0 Å². The van der Waals surface area contributed by atoms with Crippen LogP contribution in [0.3, 0.4) is 0 Å². The first-order valence-corrected chi connectivity index (χ1v) is 11.1. The molecule has 0 saturated carbocycles. The van der Waals surface area contributed by atoms with E-state index < -0.39 is 5.82 Å². The molecule has 1 aromatic carbocycles. The number of nitrogens with zero attached hydrogens (tertiary/aromatic N) is 3. The number of benzene rings is 1. The molecule has 2 aliphatic rings. The molecule has 4 rings (SSSR count). The standard InChI is InChI=1S/C22H26FN3O2S/c1-15-20(29-14-24-15)8-9-21(27)26-11-4-5-16-13-25(12-10-19(16)26)22(28)17-6-2-3-7-18(17)23/h2-3,6-7,14,16,19H,4-5,8-13H2,1H3/t16-,19+/m1/s1. The minimum Gasteiger partial charge on any atom is -0.339 e. The van der Waals surface area contributed by atoms with Gasteiger partial charge in [-0.3, -0.25) is 9.59 Å². The summed E-state index contributed by atoms with van der Waals surface area (Å²) in [6, 6.07) is 6.34. The highest BCUT2D eigenvalue weighted by molar-refractivity contribution is 7.09. The summed E-state index contributed by atoms with van der Waals surface area (Å²) in [6.07, 6.45) is 3.96. The third-order valence-corrected chi connectivity index (χ3v) is 7.19. The van der Waals surface area contributed by atoms with Crippen molar-refractivity contribution in [3.8, 4) is 0 Å². The van der Waals surface area contributed by atoms with Gasteiger partial charge in [0.1, 0.15) is 5.82 Å². The lowest BCUT2D eigenvalue weighted by Crippen LogP contribution is -2.56. The summed E-state index contributed by atoms with van der Waals surface area (Å²) in [4.78, 5) is 34.9. The second-order valence-electron chi connectivity index (χ2n) is 7.94. The Morgan fingerprint density at radius 2 is 2.07 bits per heavy atom. The van der Waals surface area contributed by atoms with Gasteiger partial charge in [-0.2, -0.15) is 0 Å². The SMILES string of the molecule is Cc1ncsc1CCC(=O)N1CCC[C@@H]2CN(C(=O)c3ccccc3F)CC[C@@H]21. The smallest absolute Gasteiger partial charge is 0.256 e. The summed E-state index contributed by atoms with van der Waals surface area (Å²) in [5.74, 6) is -0.257. The molecule has 0 bridgehead atoms. The molecule has 0 N–H and O–H groups in total. The molecule has 0 spiro atoms. The number of rotatable bonds is 4. The van der Waals surface area contributed by atoms with Crippen LogP contribution in [0.1, 0.15) is 46.6 Å². The fraction of sp³-hybridized carbons (Fsp3) is 0.500. The number of hydrogen-bond acceptors (Lipinski definition) is 4. The average Bonchev–Trinajstić information content (AvgIpc) is 3.15. The molecule has 2 saturated heterocycles. The highest BCUT2D eigenvalue weighted by Gasteiger charge is 2.39. The maximum atomic E-state index is 14.0. The normalized spacial score (nSPS) is 21.7. The van der Waals surface area contributed by atoms with Gasteiger partial charge in [0.15, 0.2) is 0 Å². The molecular weight excluding hydrogens is 389 g/mol. The van der Waals surface area contributed by atoms with Gasteiger partial charge in [-0.25, -0.2) is 9.37 Å². The molecule has 2 aromatic rings. The molecule has 0 unspecified atom stereocenters. The van der Waals surface area contributed by atoms with Crippen molar-refractivity contribution in [2.45, 2.75) is 45.1 Å². The number of fused-ring (bicyclic) bond motifs is 1. The van der Waals surface area contributed by atoms with Crippen molar-refractivity contribution < 1.29 is 14.0 Å². The maximum Gasteiger partial charge on any atom is 0.256 e. The van der Waals surface area contributed by atoms with Gasteiger partial charge in [0.2, 0.25) is 5.91 Å². The first-order chi connectivity index (χ1) is 14.0. The Morgan fingerprint density at radius 1 is 1.24 bits per heavy atom. The van der Waals surface area contributed by atoms with Crippen LogP contribution in [0.5, 0.6) is 0 Å². The van der Waals surface area contributed by atoms with E-state index >= 15 is 0 Å². The summed E-state index contributed by atoms with van der Waals surface area (Å²) in [6.45, 7) is 3.93. The molecule has 2 aliphatic heterocycles. The Bertz CT molecular complexity index is 900. The number of aromatic nitrogens is 1. The van der Waals surface area contributed by atoms with E-state index in [1.54, 1.807) is 34.4 Å². The van der Waals surface area contributed by atoms with Gasteiger partial charge in [0, 0.05) is 37.0 Å². The summed E-state index contributed by atoms with van der Waals surface area (Å²) >= 11 is 1.61. The molecule has 2 fully saturated rings. The topological polar surface area (TPSA) is 53.5 Å². The van der Waals surface area contributed by atoms with Crippen LogP contribution in [0.15, 0.2) is 29.8 Å². The summed E-state index contributed by atoms with van der Waals surface area (Å²) < 4.78 is 14.0. The van der Waals surface area contributed by atoms with E-state index in [2.05, 4.69) is 4.98 Å². The van der Waals surface area contributed by atoms with Crippen LogP contribution in [-0.2, 0) is 11.2 Å². The Hall–Kier alpha value is -2.28. The number of hydrogen-bond donors (Lipinski definition) is 0. The van der Waals surface area contributed by atoms with E-state index in [0.29, 0.717) is 19.5 Å². The number of carbonyl (C=O) groups is 2. The van der Waals surface area contributed by atoms with Crippen molar-refractivity contribution in [3.63, 3.8) is 0 Å². The minimum atomic E-state index is -0.474. The summed E-state index contributed by atoms with van der Waals surface area (Å²) in [7, 11) is 0. The van der Waals surface area contributed by atoms with Gasteiger partial charge in [-0.1, -0.05) is 12.1 Å². The molecule has 0 aliphatic carbocycles. The molecule has 2 amide bonds. The van der Waals surface area contributed by atoms with Crippen LogP contribution in [0.25, 0.3) is 0 Å². The quantitative estimate of drug-likeness (QED) is 0.766. The molecule has 29 heavy (non-hydrogen) atoms. The minimum absolute atomic E-state index is 0.134. The number of likely N-dealkylation sites (tertiary alicyclic amines) is 2. The van der Waals surface area contributed by atoms with Crippen molar-refractivity contribution in [1.82, 2.24) is 14.8 Å². The van der Waals surface area contributed by atoms with Crippen LogP contribution in [0, 0.1) is 18.7 Å². The van der Waals surface area contributed by atoms with E-state index in [1.807, 2.05) is 17.3 Å². The molecule has 3 heterocycles. The van der Waals surface area contributed by atoms with Gasteiger partial charge < -0.3 is 9.80 Å². The van der Waals surface area contributed by atoms with E-state index in [9.17, 15) is 14.0 Å². The van der Waals surface area contributed by atoms with Crippen LogP contribution in [0.2, 0.25) is 0 Å². The Labute approximate surface area is 174 Å². The van der Waals surface area contributed by atoms with Crippen LogP contribution < -0.4 is 0 Å². The van der Waals surface area contributed by atoms with Crippen LogP contribution in [0.4, 0.5) is 4.39 Å². The van der Waals surface area contributed by atoms with Crippen molar-refractivity contribution in [1.29, 1.82) is 0 Å². The Kier molecular flexibility index (Phi) is 5.94. The lowest BCUT2D eigenvalue weighted by Gasteiger charge is -2.47. The Balaban J connectivity index is 1.39. The molecule has 2 atom stereocenters. The molecular formula is C22H26FN3O2S. The van der Waals surface area contributed by atoms with Crippen molar-refractivity contribution in [2.24, 2.45) is 5.92 Å². The lowest BCUT2D eigenvalue weighted by molar-refractivity contribution is -0.137. The fourth-order valence-corrected chi connectivity index (χ4v) is 5.41. The summed E-state index contributed by atoms with van der Waals surface area (Å²) in [5.41, 5.74) is 2.97. The molecule has 1 aromatic heterocycles. The molecule has 0 radical (unpaired) electrons. The van der Waals surface area contributed by atoms with Crippen molar-refractivity contribution >= 4 is 23.2 Å². The average molecular weight is 416 g/mol. The second kappa shape index (κ2) is 8.61. The number of halogens is 1. The van der Waals surface area contributed by atoms with Crippen molar-refractivity contribution in [3.05, 3.63) is 51.7 Å². The summed E-state index contributed by atoms with van der Waals surface area (Å²) in [5, 5.41) is 0. The molecule has 154 valence electrons. The lowest BCUT2D eigenvalue weighted by atomic mass is 9.83. The van der Waals surface area contributed by atoms with Gasteiger partial charge in [-0.05, 0) is 50.7 Å². The molecule has 7 heteroatoms. The monoisotopic (exact) mass is 415 g/mol. The van der Waals surface area contributed by atoms with E-state index in [1.165, 1.54) is 10.9 Å². The maximum absolute atomic E-state index is 14.0. The zero-order valence-electron chi connectivity index (χ0n) is 16.6. The van der Waals surface area contributed by atoms with Gasteiger partial charge in [0.25, 0.3) is 5.91 Å². The van der Waals surface area contributed by atoms with E-state index in [4.69, 9.17) is 0 Å². The number of aryl methyl sites for hydroxylation is 2. The second-order valence-corrected chi connectivity index (χ2v) is 8.88. The number of piperidine rings is 2. The number of thiazole rings is 1. The highest BCUT2D eigenvalue weighted by atomic mass is 32.1. The predicted molar refractivity (Wildman–Crippen MR) is 110 cm³/mol. The Morgan fingerprint density at radius 3 is 2.83 bits per heavy atom. The van der Waals surface area contributed by atoms with Gasteiger partial charge in [-0.15, -0.1) is 11.3 Å². The van der Waals surface area contributed by atoms with Crippen molar-refractivity contribution in [2.75, 3.05) is 19.6 Å². The first-order valence-electron chi connectivity index (χ1n) is 10.3. The predicted octanol–water partition coefficient (Wildman–Crippen LogP) is 3.68. The zero-order chi connectivity index (χ0) is 20.4. The van der Waals surface area contributed by atoms with Crippen LogP contribution >= 0.6 is 11.3 Å². The zero-order valence-corrected chi connectivity index (χ0v) is 17.5. The largest absolute Gasteiger partial charge is 0.339 e. The number of carbonyl (C=O) groups excluding carboxylic acids is 2. The molecule has 5 nitrogen and oxygen atoms in total. The number of amides is 2.